The Bertz CT molecular complexity index is 847. The van der Waals surface area contributed by atoms with Gasteiger partial charge in [-0.15, -0.1) is 0 Å². The van der Waals surface area contributed by atoms with Gasteiger partial charge < -0.3 is 5.32 Å². The number of hydrogen-bond donors (Lipinski definition) is 1. The van der Waals surface area contributed by atoms with E-state index < -0.39 is 17.5 Å². The van der Waals surface area contributed by atoms with Crippen molar-refractivity contribution in [3.05, 3.63) is 52.2 Å². The normalized spacial score (nSPS) is 10.3. The molecule has 2 rings (SSSR count). The third kappa shape index (κ3) is 3.89. The van der Waals surface area contributed by atoms with Crippen molar-refractivity contribution in [1.82, 2.24) is 4.98 Å². The van der Waals surface area contributed by atoms with Crippen molar-refractivity contribution < 1.29 is 13.6 Å². The van der Waals surface area contributed by atoms with Crippen molar-refractivity contribution in [2.45, 2.75) is 25.8 Å². The van der Waals surface area contributed by atoms with Crippen molar-refractivity contribution in [1.29, 1.82) is 5.26 Å². The van der Waals surface area contributed by atoms with Gasteiger partial charge in [0.1, 0.15) is 22.7 Å². The Balaban J connectivity index is 2.11. The van der Waals surface area contributed by atoms with E-state index in [0.717, 1.165) is 40.7 Å². The number of halogens is 2. The van der Waals surface area contributed by atoms with Gasteiger partial charge in [0.15, 0.2) is 0 Å². The Hall–Kier alpha value is -2.46. The van der Waals surface area contributed by atoms with Crippen molar-refractivity contribution in [3.8, 4) is 6.07 Å². The summed E-state index contributed by atoms with van der Waals surface area (Å²) in [6.45, 7) is 5.55. The quantitative estimate of drug-likeness (QED) is 0.852. The van der Waals surface area contributed by atoms with Crippen LogP contribution in [0.4, 0.5) is 14.5 Å². The summed E-state index contributed by atoms with van der Waals surface area (Å²) in [5.41, 5.74) is 2.90. The van der Waals surface area contributed by atoms with E-state index >= 15 is 0 Å². The number of carbonyl (C=O) groups is 1. The molecule has 1 amide bonds. The van der Waals surface area contributed by atoms with E-state index in [1.54, 1.807) is 0 Å². The molecule has 0 radical (unpaired) electrons. The highest BCUT2D eigenvalue weighted by atomic mass is 32.2. The van der Waals surface area contributed by atoms with Gasteiger partial charge in [0.05, 0.1) is 17.0 Å². The van der Waals surface area contributed by atoms with Crippen molar-refractivity contribution >= 4 is 23.4 Å². The Labute approximate surface area is 142 Å². The first-order chi connectivity index (χ1) is 11.3. The van der Waals surface area contributed by atoms with Crippen LogP contribution in [0, 0.1) is 43.7 Å². The Morgan fingerprint density at radius 3 is 2.62 bits per heavy atom. The number of hydrogen-bond acceptors (Lipinski definition) is 4. The second-order valence-corrected chi connectivity index (χ2v) is 6.16. The molecule has 1 heterocycles. The first-order valence-electron chi connectivity index (χ1n) is 7.09. The van der Waals surface area contributed by atoms with Crippen LogP contribution in [0.15, 0.2) is 23.2 Å². The smallest absolute Gasteiger partial charge is 0.234 e. The standard InChI is InChI=1S/C17H15F2N3OS/c1-9-10(2)13(7-20)17(21-11(9)3)24-8-16(23)22-15-5-4-12(18)6-14(15)19/h4-6H,8H2,1-3H3,(H,22,23). The minimum absolute atomic E-state index is 0.0412. The summed E-state index contributed by atoms with van der Waals surface area (Å²) in [6, 6.07) is 5.03. The van der Waals surface area contributed by atoms with Crippen molar-refractivity contribution in [2.24, 2.45) is 0 Å². The number of nitrogens with one attached hydrogen (secondary N) is 1. The number of benzene rings is 1. The van der Waals surface area contributed by atoms with Crippen molar-refractivity contribution in [2.75, 3.05) is 11.1 Å². The van der Waals surface area contributed by atoms with E-state index in [0.29, 0.717) is 16.7 Å². The fourth-order valence-electron chi connectivity index (χ4n) is 2.06. The van der Waals surface area contributed by atoms with E-state index in [1.165, 1.54) is 0 Å². The number of aromatic nitrogens is 1. The van der Waals surface area contributed by atoms with Crippen LogP contribution in [0.5, 0.6) is 0 Å². The van der Waals surface area contributed by atoms with Gasteiger partial charge in [-0.1, -0.05) is 11.8 Å². The first kappa shape index (κ1) is 17.9. The summed E-state index contributed by atoms with van der Waals surface area (Å²) in [5.74, 6) is -2.06. The molecule has 0 fully saturated rings. The molecule has 7 heteroatoms. The van der Waals surface area contributed by atoms with Crippen LogP contribution in [-0.4, -0.2) is 16.6 Å². The van der Waals surface area contributed by atoms with E-state index in [4.69, 9.17) is 0 Å². The average molecular weight is 347 g/mol. The van der Waals surface area contributed by atoms with Crippen LogP contribution in [0.3, 0.4) is 0 Å². The number of thioether (sulfide) groups is 1. The maximum Gasteiger partial charge on any atom is 0.234 e. The SMILES string of the molecule is Cc1nc(SCC(=O)Nc2ccc(F)cc2F)c(C#N)c(C)c1C. The lowest BCUT2D eigenvalue weighted by atomic mass is 10.1. The molecule has 0 aliphatic rings. The van der Waals surface area contributed by atoms with Gasteiger partial charge >= 0.3 is 0 Å². The molecule has 1 N–H and O–H groups in total. The summed E-state index contributed by atoms with van der Waals surface area (Å²) in [7, 11) is 0. The summed E-state index contributed by atoms with van der Waals surface area (Å²) in [6.07, 6.45) is 0. The summed E-state index contributed by atoms with van der Waals surface area (Å²) in [4.78, 5) is 16.3. The maximum atomic E-state index is 13.5. The average Bonchev–Trinajstić information content (AvgIpc) is 2.53. The fourth-order valence-corrected chi connectivity index (χ4v) is 2.94. The molecule has 1 aromatic carbocycles. The lowest BCUT2D eigenvalue weighted by molar-refractivity contribution is -0.113. The summed E-state index contributed by atoms with van der Waals surface area (Å²) < 4.78 is 26.4. The van der Waals surface area contributed by atoms with Crippen LogP contribution in [0.1, 0.15) is 22.4 Å². The van der Waals surface area contributed by atoms with E-state index in [9.17, 15) is 18.8 Å². The van der Waals surface area contributed by atoms with Gasteiger partial charge in [0.2, 0.25) is 5.91 Å². The third-order valence-corrected chi connectivity index (χ3v) is 4.60. The number of anilines is 1. The van der Waals surface area contributed by atoms with Crippen LogP contribution >= 0.6 is 11.8 Å². The highest BCUT2D eigenvalue weighted by Crippen LogP contribution is 2.26. The Kier molecular flexibility index (Phi) is 5.52. The minimum atomic E-state index is -0.841. The van der Waals surface area contributed by atoms with Gasteiger partial charge in [0.25, 0.3) is 0 Å². The van der Waals surface area contributed by atoms with Crippen LogP contribution in [-0.2, 0) is 4.79 Å². The second-order valence-electron chi connectivity index (χ2n) is 5.20. The number of nitrogens with zero attached hydrogens (tertiary/aromatic N) is 2. The zero-order chi connectivity index (χ0) is 17.9. The predicted molar refractivity (Wildman–Crippen MR) is 88.9 cm³/mol. The van der Waals surface area contributed by atoms with Crippen molar-refractivity contribution in [3.63, 3.8) is 0 Å². The first-order valence-corrected chi connectivity index (χ1v) is 8.07. The van der Waals surface area contributed by atoms with Gasteiger partial charge in [0, 0.05) is 11.8 Å². The molecule has 0 aliphatic heterocycles. The topological polar surface area (TPSA) is 65.8 Å². The third-order valence-electron chi connectivity index (χ3n) is 3.62. The molecular weight excluding hydrogens is 332 g/mol. The minimum Gasteiger partial charge on any atom is -0.323 e. The Morgan fingerprint density at radius 2 is 2.00 bits per heavy atom. The molecule has 0 spiro atoms. The number of pyridine rings is 1. The van der Waals surface area contributed by atoms with E-state index in [2.05, 4.69) is 16.4 Å². The number of amides is 1. The number of nitriles is 1. The van der Waals surface area contributed by atoms with E-state index in [-0.39, 0.29) is 11.4 Å². The van der Waals surface area contributed by atoms with Gasteiger partial charge in [-0.05, 0) is 44.0 Å². The monoisotopic (exact) mass is 347 g/mol. The van der Waals surface area contributed by atoms with Crippen LogP contribution in [0.25, 0.3) is 0 Å². The summed E-state index contributed by atoms with van der Waals surface area (Å²) in [5, 5.41) is 12.1. The van der Waals surface area contributed by atoms with Crippen LogP contribution in [0.2, 0.25) is 0 Å². The molecule has 1 aromatic heterocycles. The molecule has 0 saturated carbocycles. The highest BCUT2D eigenvalue weighted by Gasteiger charge is 2.15. The lowest BCUT2D eigenvalue weighted by Crippen LogP contribution is -2.15. The molecule has 2 aromatic rings. The maximum absolute atomic E-state index is 13.5. The number of carbonyl (C=O) groups excluding carboxylic acids is 1. The highest BCUT2D eigenvalue weighted by molar-refractivity contribution is 8.00. The number of aryl methyl sites for hydroxylation is 1. The summed E-state index contributed by atoms with van der Waals surface area (Å²) >= 11 is 1.10. The largest absolute Gasteiger partial charge is 0.323 e. The molecule has 0 aliphatic carbocycles. The molecule has 0 bridgehead atoms. The fraction of sp³-hybridized carbons (Fsp3) is 0.235. The lowest BCUT2D eigenvalue weighted by Gasteiger charge is -2.11. The van der Waals surface area contributed by atoms with Gasteiger partial charge in [-0.3, -0.25) is 4.79 Å². The zero-order valence-corrected chi connectivity index (χ0v) is 14.2. The van der Waals surface area contributed by atoms with Gasteiger partial charge in [-0.2, -0.15) is 5.26 Å². The molecule has 0 atom stereocenters. The van der Waals surface area contributed by atoms with E-state index in [1.807, 2.05) is 20.8 Å². The molecule has 0 unspecified atom stereocenters. The van der Waals surface area contributed by atoms with Crippen LogP contribution < -0.4 is 5.32 Å². The van der Waals surface area contributed by atoms with Gasteiger partial charge in [-0.25, -0.2) is 13.8 Å². The molecule has 4 nitrogen and oxygen atoms in total. The molecule has 24 heavy (non-hydrogen) atoms. The molecule has 124 valence electrons. The Morgan fingerprint density at radius 1 is 1.29 bits per heavy atom. The predicted octanol–water partition coefficient (Wildman–Crippen LogP) is 3.89. The second kappa shape index (κ2) is 7.41. The zero-order valence-electron chi connectivity index (χ0n) is 13.4. The number of rotatable bonds is 4. The molecule has 0 saturated heterocycles. The molecular formula is C17H15F2N3OS.